The van der Waals surface area contributed by atoms with E-state index in [0.717, 1.165) is 0 Å². The van der Waals surface area contributed by atoms with Crippen LogP contribution in [0, 0.1) is 0 Å². The van der Waals surface area contributed by atoms with E-state index in [0.29, 0.717) is 16.3 Å². The molecular formula is C8H7Cl2NO. The summed E-state index contributed by atoms with van der Waals surface area (Å²) in [5.41, 5.74) is 6.39. The first-order valence-corrected chi connectivity index (χ1v) is 4.20. The fraction of sp³-hybridized carbons (Fsp3) is 0.125. The van der Waals surface area contributed by atoms with Gasteiger partial charge in [0.2, 0.25) is 0 Å². The first kappa shape index (κ1) is 9.36. The van der Waals surface area contributed by atoms with E-state index in [1.54, 1.807) is 12.1 Å². The number of halogens is 2. The molecule has 2 N–H and O–H groups in total. The molecule has 0 saturated heterocycles. The Morgan fingerprint density at radius 3 is 2.67 bits per heavy atom. The van der Waals surface area contributed by atoms with Gasteiger partial charge in [0.15, 0.2) is 5.78 Å². The van der Waals surface area contributed by atoms with Gasteiger partial charge in [-0.3, -0.25) is 4.79 Å². The van der Waals surface area contributed by atoms with Crippen LogP contribution in [0.4, 0.5) is 5.69 Å². The molecule has 0 amide bonds. The van der Waals surface area contributed by atoms with Gasteiger partial charge in [-0.25, -0.2) is 0 Å². The van der Waals surface area contributed by atoms with Gasteiger partial charge < -0.3 is 5.73 Å². The van der Waals surface area contributed by atoms with Gasteiger partial charge in [-0.2, -0.15) is 0 Å². The maximum atomic E-state index is 11.1. The summed E-state index contributed by atoms with van der Waals surface area (Å²) in [5.74, 6) is -0.259. The molecule has 0 aliphatic heterocycles. The fourth-order valence-corrected chi connectivity index (χ4v) is 1.27. The summed E-state index contributed by atoms with van der Waals surface area (Å²) in [6.45, 7) is 0. The normalized spacial score (nSPS) is 9.83. The van der Waals surface area contributed by atoms with E-state index in [4.69, 9.17) is 28.9 Å². The van der Waals surface area contributed by atoms with Crippen LogP contribution in [0.2, 0.25) is 5.02 Å². The summed E-state index contributed by atoms with van der Waals surface area (Å²) < 4.78 is 0. The summed E-state index contributed by atoms with van der Waals surface area (Å²) in [5, 5.41) is 0.348. The van der Waals surface area contributed by atoms with Crippen LogP contribution in [-0.2, 0) is 0 Å². The molecule has 0 heterocycles. The summed E-state index contributed by atoms with van der Waals surface area (Å²) in [6.07, 6.45) is 0. The Bertz CT molecular complexity index is 312. The number of rotatable bonds is 2. The molecule has 0 bridgehead atoms. The molecule has 0 saturated carbocycles. The van der Waals surface area contributed by atoms with Crippen LogP contribution in [0.5, 0.6) is 0 Å². The molecule has 1 aromatic rings. The number of hydrogen-bond acceptors (Lipinski definition) is 2. The van der Waals surface area contributed by atoms with Gasteiger partial charge in [0.05, 0.1) is 10.9 Å². The first-order chi connectivity index (χ1) is 5.65. The van der Waals surface area contributed by atoms with Crippen LogP contribution >= 0.6 is 23.2 Å². The first-order valence-electron chi connectivity index (χ1n) is 3.29. The predicted octanol–water partition coefficient (Wildman–Crippen LogP) is 2.34. The number of nitrogen functional groups attached to an aromatic ring is 1. The second kappa shape index (κ2) is 3.78. The zero-order valence-corrected chi connectivity index (χ0v) is 7.69. The van der Waals surface area contributed by atoms with E-state index in [-0.39, 0.29) is 11.7 Å². The Morgan fingerprint density at radius 1 is 1.50 bits per heavy atom. The maximum absolute atomic E-state index is 11.1. The average Bonchev–Trinajstić information content (AvgIpc) is 2.03. The number of alkyl halides is 1. The van der Waals surface area contributed by atoms with Crippen LogP contribution in [0.25, 0.3) is 0 Å². The van der Waals surface area contributed by atoms with Crippen molar-refractivity contribution in [2.75, 3.05) is 11.6 Å². The molecule has 64 valence electrons. The fourth-order valence-electron chi connectivity index (χ4n) is 0.829. The quantitative estimate of drug-likeness (QED) is 0.456. The summed E-state index contributed by atoms with van der Waals surface area (Å²) >= 11 is 11.1. The lowest BCUT2D eigenvalue weighted by atomic mass is 10.1. The Labute approximate surface area is 80.3 Å². The number of carbonyl (C=O) groups is 1. The highest BCUT2D eigenvalue weighted by Gasteiger charge is 2.08. The number of Topliss-reactive ketones (excluding diaryl/α,β-unsaturated/α-hetero) is 1. The van der Waals surface area contributed by atoms with E-state index in [9.17, 15) is 4.79 Å². The van der Waals surface area contributed by atoms with Gasteiger partial charge in [0, 0.05) is 11.3 Å². The van der Waals surface area contributed by atoms with Crippen LogP contribution in [0.1, 0.15) is 10.4 Å². The molecule has 0 unspecified atom stereocenters. The van der Waals surface area contributed by atoms with E-state index in [1.807, 2.05) is 0 Å². The molecule has 0 aliphatic carbocycles. The second-order valence-electron chi connectivity index (χ2n) is 2.30. The Balaban J connectivity index is 3.09. The third kappa shape index (κ3) is 1.90. The summed E-state index contributed by atoms with van der Waals surface area (Å²) in [6, 6.07) is 4.72. The molecule has 0 atom stereocenters. The molecule has 12 heavy (non-hydrogen) atoms. The van der Waals surface area contributed by atoms with Gasteiger partial charge in [-0.05, 0) is 18.2 Å². The SMILES string of the molecule is Nc1ccc(C(=O)CCl)c(Cl)c1. The van der Waals surface area contributed by atoms with E-state index in [1.165, 1.54) is 6.07 Å². The minimum absolute atomic E-state index is 0.0658. The molecule has 0 radical (unpaired) electrons. The molecule has 0 fully saturated rings. The highest BCUT2D eigenvalue weighted by Crippen LogP contribution is 2.19. The second-order valence-corrected chi connectivity index (χ2v) is 2.97. The number of hydrogen-bond donors (Lipinski definition) is 1. The van der Waals surface area contributed by atoms with Crippen LogP contribution in [-0.4, -0.2) is 11.7 Å². The number of carbonyl (C=O) groups excluding carboxylic acids is 1. The van der Waals surface area contributed by atoms with E-state index < -0.39 is 0 Å². The minimum atomic E-state index is -0.193. The zero-order valence-electron chi connectivity index (χ0n) is 6.18. The van der Waals surface area contributed by atoms with Crippen molar-refractivity contribution in [3.05, 3.63) is 28.8 Å². The third-order valence-corrected chi connectivity index (χ3v) is 1.97. The molecule has 4 heteroatoms. The maximum Gasteiger partial charge on any atom is 0.179 e. The van der Waals surface area contributed by atoms with Gasteiger partial charge in [0.1, 0.15) is 0 Å². The van der Waals surface area contributed by atoms with Crippen molar-refractivity contribution < 1.29 is 4.79 Å². The van der Waals surface area contributed by atoms with Gasteiger partial charge in [0.25, 0.3) is 0 Å². The van der Waals surface area contributed by atoms with Gasteiger partial charge >= 0.3 is 0 Å². The number of benzene rings is 1. The predicted molar refractivity (Wildman–Crippen MR) is 50.9 cm³/mol. The van der Waals surface area contributed by atoms with Crippen LogP contribution in [0.15, 0.2) is 18.2 Å². The average molecular weight is 204 g/mol. The standard InChI is InChI=1S/C8H7Cl2NO/c9-4-8(12)6-2-1-5(11)3-7(6)10/h1-3H,4,11H2. The third-order valence-electron chi connectivity index (χ3n) is 1.41. The Hall–Kier alpha value is -0.730. The molecule has 0 spiro atoms. The van der Waals surface area contributed by atoms with E-state index >= 15 is 0 Å². The summed E-state index contributed by atoms with van der Waals surface area (Å²) in [4.78, 5) is 11.1. The van der Waals surface area contributed by atoms with Gasteiger partial charge in [-0.15, -0.1) is 11.6 Å². The van der Waals surface area contributed by atoms with Crippen molar-refractivity contribution >= 4 is 34.7 Å². The van der Waals surface area contributed by atoms with Crippen molar-refractivity contribution in [1.29, 1.82) is 0 Å². The molecule has 0 aliphatic rings. The van der Waals surface area contributed by atoms with Crippen LogP contribution < -0.4 is 5.73 Å². The number of nitrogens with two attached hydrogens (primary N) is 1. The summed E-state index contributed by atoms with van der Waals surface area (Å²) in [7, 11) is 0. The molecule has 0 aromatic heterocycles. The Morgan fingerprint density at radius 2 is 2.17 bits per heavy atom. The number of anilines is 1. The molecule has 1 aromatic carbocycles. The van der Waals surface area contributed by atoms with Crippen LogP contribution in [0.3, 0.4) is 0 Å². The van der Waals surface area contributed by atoms with Crippen molar-refractivity contribution in [2.24, 2.45) is 0 Å². The lowest BCUT2D eigenvalue weighted by Crippen LogP contribution is -2.01. The van der Waals surface area contributed by atoms with Crippen molar-refractivity contribution in [1.82, 2.24) is 0 Å². The molecule has 1 rings (SSSR count). The number of ketones is 1. The monoisotopic (exact) mass is 203 g/mol. The zero-order chi connectivity index (χ0) is 9.14. The van der Waals surface area contributed by atoms with Gasteiger partial charge in [-0.1, -0.05) is 11.6 Å². The van der Waals surface area contributed by atoms with Crippen molar-refractivity contribution in [2.45, 2.75) is 0 Å². The van der Waals surface area contributed by atoms with E-state index in [2.05, 4.69) is 0 Å². The Kier molecular flexibility index (Phi) is 2.95. The highest BCUT2D eigenvalue weighted by molar-refractivity contribution is 6.37. The largest absolute Gasteiger partial charge is 0.399 e. The lowest BCUT2D eigenvalue weighted by Gasteiger charge is -2.00. The smallest absolute Gasteiger partial charge is 0.179 e. The molecular weight excluding hydrogens is 197 g/mol. The lowest BCUT2D eigenvalue weighted by molar-refractivity contribution is 0.102. The highest BCUT2D eigenvalue weighted by atomic mass is 35.5. The van der Waals surface area contributed by atoms with Crippen molar-refractivity contribution in [3.63, 3.8) is 0 Å². The molecule has 2 nitrogen and oxygen atoms in total. The van der Waals surface area contributed by atoms with Crippen molar-refractivity contribution in [3.8, 4) is 0 Å². The topological polar surface area (TPSA) is 43.1 Å². The minimum Gasteiger partial charge on any atom is -0.399 e.